The van der Waals surface area contributed by atoms with Gasteiger partial charge in [0.25, 0.3) is 0 Å². The van der Waals surface area contributed by atoms with Crippen LogP contribution in [-0.2, 0) is 6.18 Å². The molecule has 0 aliphatic carbocycles. The third kappa shape index (κ3) is 4.87. The summed E-state index contributed by atoms with van der Waals surface area (Å²) >= 11 is 0. The number of methoxy groups -OCH3 is 1. The SMILES string of the molecule is COc1cc(Oc2ccc(Oc3cccc(C(F)(F)F)c3)cc2)nc(C)n1. The maximum Gasteiger partial charge on any atom is 0.416 e. The minimum atomic E-state index is -4.42. The first-order valence-corrected chi connectivity index (χ1v) is 7.86. The summed E-state index contributed by atoms with van der Waals surface area (Å²) in [6, 6.07) is 12.6. The zero-order valence-corrected chi connectivity index (χ0v) is 14.4. The number of hydrogen-bond acceptors (Lipinski definition) is 5. The predicted octanol–water partition coefficient (Wildman–Crippen LogP) is 5.40. The number of alkyl halides is 3. The Morgan fingerprint density at radius 2 is 1.41 bits per heavy atom. The van der Waals surface area contributed by atoms with Gasteiger partial charge in [-0.25, -0.2) is 0 Å². The molecule has 0 aliphatic rings. The lowest BCUT2D eigenvalue weighted by Gasteiger charge is -2.11. The van der Waals surface area contributed by atoms with Crippen molar-refractivity contribution in [3.8, 4) is 29.0 Å². The van der Waals surface area contributed by atoms with Gasteiger partial charge in [0, 0.05) is 0 Å². The minimum absolute atomic E-state index is 0.0923. The Kier molecular flexibility index (Phi) is 5.16. The third-order valence-corrected chi connectivity index (χ3v) is 3.44. The number of benzene rings is 2. The van der Waals surface area contributed by atoms with E-state index in [1.165, 1.54) is 19.2 Å². The molecule has 0 atom stereocenters. The van der Waals surface area contributed by atoms with Crippen LogP contribution < -0.4 is 14.2 Å². The number of aromatic nitrogens is 2. The molecule has 0 bridgehead atoms. The van der Waals surface area contributed by atoms with Gasteiger partial charge in [0.05, 0.1) is 18.7 Å². The molecule has 0 unspecified atom stereocenters. The Labute approximate surface area is 153 Å². The largest absolute Gasteiger partial charge is 0.481 e. The van der Waals surface area contributed by atoms with Crippen molar-refractivity contribution >= 4 is 0 Å². The van der Waals surface area contributed by atoms with Gasteiger partial charge in [0.1, 0.15) is 23.1 Å². The van der Waals surface area contributed by atoms with E-state index >= 15 is 0 Å². The summed E-state index contributed by atoms with van der Waals surface area (Å²) in [6.07, 6.45) is -4.42. The van der Waals surface area contributed by atoms with Crippen LogP contribution in [0.5, 0.6) is 29.0 Å². The number of nitrogens with zero attached hydrogens (tertiary/aromatic N) is 2. The lowest BCUT2D eigenvalue weighted by molar-refractivity contribution is -0.137. The van der Waals surface area contributed by atoms with Crippen LogP contribution in [0.3, 0.4) is 0 Å². The first-order valence-electron chi connectivity index (χ1n) is 7.86. The van der Waals surface area contributed by atoms with Crippen molar-refractivity contribution in [2.45, 2.75) is 13.1 Å². The first kappa shape index (κ1) is 18.5. The summed E-state index contributed by atoms with van der Waals surface area (Å²) in [5, 5.41) is 0. The Morgan fingerprint density at radius 3 is 2.04 bits per heavy atom. The molecule has 1 aromatic heterocycles. The number of hydrogen-bond donors (Lipinski definition) is 0. The van der Waals surface area contributed by atoms with Gasteiger partial charge in [0.15, 0.2) is 0 Å². The third-order valence-electron chi connectivity index (χ3n) is 3.44. The average Bonchev–Trinajstić information content (AvgIpc) is 2.62. The van der Waals surface area contributed by atoms with Crippen molar-refractivity contribution in [2.24, 2.45) is 0 Å². The van der Waals surface area contributed by atoms with Gasteiger partial charge in [0.2, 0.25) is 11.8 Å². The predicted molar refractivity (Wildman–Crippen MR) is 91.4 cm³/mol. The van der Waals surface area contributed by atoms with Gasteiger partial charge in [-0.05, 0) is 49.4 Å². The topological polar surface area (TPSA) is 53.5 Å². The molecule has 0 saturated heterocycles. The molecule has 0 radical (unpaired) electrons. The van der Waals surface area contributed by atoms with Crippen LogP contribution >= 0.6 is 0 Å². The average molecular weight is 376 g/mol. The molecule has 0 amide bonds. The summed E-state index contributed by atoms with van der Waals surface area (Å²) in [5.41, 5.74) is -0.770. The van der Waals surface area contributed by atoms with E-state index in [-0.39, 0.29) is 5.75 Å². The molecule has 3 aromatic rings. The van der Waals surface area contributed by atoms with Gasteiger partial charge >= 0.3 is 6.18 Å². The van der Waals surface area contributed by atoms with Crippen LogP contribution in [0.25, 0.3) is 0 Å². The quantitative estimate of drug-likeness (QED) is 0.597. The van der Waals surface area contributed by atoms with Crippen molar-refractivity contribution in [3.05, 3.63) is 66.0 Å². The maximum atomic E-state index is 12.8. The molecular weight excluding hydrogens is 361 g/mol. The summed E-state index contributed by atoms with van der Waals surface area (Å²) in [4.78, 5) is 8.21. The Morgan fingerprint density at radius 1 is 0.778 bits per heavy atom. The molecule has 0 saturated carbocycles. The molecule has 27 heavy (non-hydrogen) atoms. The van der Waals surface area contributed by atoms with E-state index in [4.69, 9.17) is 14.2 Å². The van der Waals surface area contributed by atoms with E-state index in [0.29, 0.717) is 29.1 Å². The fourth-order valence-electron chi connectivity index (χ4n) is 2.24. The molecule has 5 nitrogen and oxygen atoms in total. The smallest absolute Gasteiger partial charge is 0.416 e. The van der Waals surface area contributed by atoms with Crippen molar-refractivity contribution in [1.82, 2.24) is 9.97 Å². The lowest BCUT2D eigenvalue weighted by atomic mass is 10.2. The molecular formula is C19H15F3N2O3. The summed E-state index contributed by atoms with van der Waals surface area (Å²) in [6.45, 7) is 1.71. The van der Waals surface area contributed by atoms with Gasteiger partial charge < -0.3 is 14.2 Å². The van der Waals surface area contributed by atoms with E-state index in [2.05, 4.69) is 9.97 Å². The van der Waals surface area contributed by atoms with Crippen LogP contribution in [0.15, 0.2) is 54.6 Å². The van der Waals surface area contributed by atoms with Crippen LogP contribution in [0.1, 0.15) is 11.4 Å². The van der Waals surface area contributed by atoms with E-state index in [9.17, 15) is 13.2 Å². The highest BCUT2D eigenvalue weighted by Crippen LogP contribution is 2.33. The van der Waals surface area contributed by atoms with Crippen molar-refractivity contribution < 1.29 is 27.4 Å². The van der Waals surface area contributed by atoms with Crippen LogP contribution in [0.2, 0.25) is 0 Å². The van der Waals surface area contributed by atoms with E-state index in [1.54, 1.807) is 37.3 Å². The van der Waals surface area contributed by atoms with E-state index in [0.717, 1.165) is 12.1 Å². The van der Waals surface area contributed by atoms with Gasteiger partial charge in [-0.15, -0.1) is 0 Å². The normalized spacial score (nSPS) is 11.1. The second-order valence-corrected chi connectivity index (χ2v) is 5.50. The minimum Gasteiger partial charge on any atom is -0.481 e. The van der Waals surface area contributed by atoms with Crippen molar-refractivity contribution in [1.29, 1.82) is 0 Å². The van der Waals surface area contributed by atoms with Gasteiger partial charge in [-0.1, -0.05) is 6.07 Å². The molecule has 0 aliphatic heterocycles. The number of aryl methyl sites for hydroxylation is 1. The highest BCUT2D eigenvalue weighted by molar-refractivity contribution is 5.38. The maximum absolute atomic E-state index is 12.8. The fraction of sp³-hybridized carbons (Fsp3) is 0.158. The number of halogens is 3. The molecule has 3 rings (SSSR count). The second kappa shape index (κ2) is 7.53. The van der Waals surface area contributed by atoms with Crippen LogP contribution in [0, 0.1) is 6.92 Å². The Balaban J connectivity index is 1.72. The summed E-state index contributed by atoms with van der Waals surface area (Å²) in [5.74, 6) is 2.13. The standard InChI is InChI=1S/C19H15F3N2O3/c1-12-23-17(25-2)11-18(24-12)27-15-8-6-14(7-9-15)26-16-5-3-4-13(10-16)19(20,21)22/h3-11H,1-2H3. The Hall–Kier alpha value is -3.29. The van der Waals surface area contributed by atoms with E-state index in [1.807, 2.05) is 0 Å². The first-order chi connectivity index (χ1) is 12.8. The molecule has 2 aromatic carbocycles. The molecule has 8 heteroatoms. The van der Waals surface area contributed by atoms with Crippen LogP contribution in [-0.4, -0.2) is 17.1 Å². The second-order valence-electron chi connectivity index (χ2n) is 5.50. The van der Waals surface area contributed by atoms with Crippen LogP contribution in [0.4, 0.5) is 13.2 Å². The molecule has 0 spiro atoms. The lowest BCUT2D eigenvalue weighted by Crippen LogP contribution is -2.04. The molecule has 140 valence electrons. The highest BCUT2D eigenvalue weighted by Gasteiger charge is 2.30. The van der Waals surface area contributed by atoms with Gasteiger partial charge in [-0.2, -0.15) is 23.1 Å². The number of rotatable bonds is 5. The molecule has 0 N–H and O–H groups in total. The van der Waals surface area contributed by atoms with Gasteiger partial charge in [-0.3, -0.25) is 0 Å². The highest BCUT2D eigenvalue weighted by atomic mass is 19.4. The number of ether oxygens (including phenoxy) is 3. The molecule has 1 heterocycles. The summed E-state index contributed by atoms with van der Waals surface area (Å²) in [7, 11) is 1.49. The van der Waals surface area contributed by atoms with Crippen molar-refractivity contribution in [2.75, 3.05) is 7.11 Å². The zero-order valence-electron chi connectivity index (χ0n) is 14.4. The summed E-state index contributed by atoms with van der Waals surface area (Å²) < 4.78 is 54.4. The molecule has 0 fully saturated rings. The van der Waals surface area contributed by atoms with Crippen molar-refractivity contribution in [3.63, 3.8) is 0 Å². The fourth-order valence-corrected chi connectivity index (χ4v) is 2.24. The Bertz CT molecular complexity index is 928. The van der Waals surface area contributed by atoms with E-state index < -0.39 is 11.7 Å². The zero-order chi connectivity index (χ0) is 19.4. The monoisotopic (exact) mass is 376 g/mol.